The molecule has 0 saturated carbocycles. The van der Waals surface area contributed by atoms with E-state index in [1.165, 1.54) is 23.6 Å². The van der Waals surface area contributed by atoms with E-state index < -0.39 is 9.04 Å². The van der Waals surface area contributed by atoms with Gasteiger partial charge >= 0.3 is 0 Å². The Labute approximate surface area is 125 Å². The minimum Gasteiger partial charge on any atom is -0.417 e. The largest absolute Gasteiger partial charge is 0.417 e. The maximum atomic E-state index is 6.10. The predicted octanol–water partition coefficient (Wildman–Crippen LogP) is 3.99. The van der Waals surface area contributed by atoms with E-state index in [-0.39, 0.29) is 0 Å². The van der Waals surface area contributed by atoms with Crippen LogP contribution in [0.1, 0.15) is 37.8 Å². The summed E-state index contributed by atoms with van der Waals surface area (Å²) in [7, 11) is 0.580. The van der Waals surface area contributed by atoms with Gasteiger partial charge in [0.1, 0.15) is 0 Å². The second-order valence-corrected chi connectivity index (χ2v) is 8.11. The normalized spacial score (nSPS) is 13.9. The lowest BCUT2D eigenvalue weighted by molar-refractivity contribution is 0.150. The molecular formula is C17H28O2Si. The lowest BCUT2D eigenvalue weighted by atomic mass is 10.1. The van der Waals surface area contributed by atoms with Gasteiger partial charge in [-0.25, -0.2) is 0 Å². The summed E-state index contributed by atoms with van der Waals surface area (Å²) in [4.78, 5) is 0. The maximum absolute atomic E-state index is 6.10. The summed E-state index contributed by atoms with van der Waals surface area (Å²) in [5, 5.41) is 0. The molecule has 0 N–H and O–H groups in total. The van der Waals surface area contributed by atoms with Crippen molar-refractivity contribution >= 4 is 15.1 Å². The first-order valence-corrected chi connectivity index (χ1v) is 9.52. The zero-order valence-electron chi connectivity index (χ0n) is 13.1. The monoisotopic (exact) mass is 292 g/mol. The first-order valence-electron chi connectivity index (χ1n) is 7.57. The van der Waals surface area contributed by atoms with Crippen LogP contribution in [0.2, 0.25) is 6.04 Å². The molecule has 2 nitrogen and oxygen atoms in total. The van der Waals surface area contributed by atoms with Crippen LogP contribution in [0.25, 0.3) is 6.08 Å². The quantitative estimate of drug-likeness (QED) is 0.479. The van der Waals surface area contributed by atoms with Gasteiger partial charge in [-0.2, -0.15) is 0 Å². The first kappa shape index (κ1) is 17.1. The summed E-state index contributed by atoms with van der Waals surface area (Å²) in [5.41, 5.74) is 2.85. The number of aryl methyl sites for hydroxylation is 1. The van der Waals surface area contributed by atoms with Crippen molar-refractivity contribution in [3.63, 3.8) is 0 Å². The van der Waals surface area contributed by atoms with Crippen LogP contribution in [-0.4, -0.2) is 28.5 Å². The number of hydrogen-bond acceptors (Lipinski definition) is 2. The van der Waals surface area contributed by atoms with E-state index in [4.69, 9.17) is 9.16 Å². The van der Waals surface area contributed by atoms with Crippen LogP contribution in [0.3, 0.4) is 0 Å². The molecule has 2 atom stereocenters. The van der Waals surface area contributed by atoms with Crippen molar-refractivity contribution in [1.29, 1.82) is 0 Å². The van der Waals surface area contributed by atoms with Gasteiger partial charge < -0.3 is 9.16 Å². The van der Waals surface area contributed by atoms with Crippen LogP contribution < -0.4 is 0 Å². The minimum atomic E-state index is -1.20. The number of benzene rings is 1. The van der Waals surface area contributed by atoms with Gasteiger partial charge in [0.2, 0.25) is 9.04 Å². The number of rotatable bonds is 10. The van der Waals surface area contributed by atoms with Crippen LogP contribution in [-0.2, 0) is 15.6 Å². The topological polar surface area (TPSA) is 18.5 Å². The van der Waals surface area contributed by atoms with Crippen molar-refractivity contribution in [2.45, 2.75) is 44.9 Å². The van der Waals surface area contributed by atoms with Crippen LogP contribution in [0.4, 0.5) is 0 Å². The minimum absolute atomic E-state index is 0.307. The van der Waals surface area contributed by atoms with E-state index in [0.29, 0.717) is 5.73 Å². The van der Waals surface area contributed by atoms with Gasteiger partial charge in [0.05, 0.1) is 5.73 Å². The second-order valence-electron chi connectivity index (χ2n) is 5.19. The summed E-state index contributed by atoms with van der Waals surface area (Å²) < 4.78 is 11.5. The smallest absolute Gasteiger partial charge is 0.204 e. The van der Waals surface area contributed by atoms with Crippen molar-refractivity contribution in [3.05, 3.63) is 42.0 Å². The molecule has 3 heteroatoms. The van der Waals surface area contributed by atoms with Gasteiger partial charge in [-0.15, -0.1) is 0 Å². The molecule has 0 spiro atoms. The van der Waals surface area contributed by atoms with Crippen molar-refractivity contribution < 1.29 is 9.16 Å². The van der Waals surface area contributed by atoms with E-state index in [1.807, 2.05) is 6.08 Å². The molecule has 0 saturated heterocycles. The molecule has 1 aromatic rings. The molecule has 2 unspecified atom stereocenters. The van der Waals surface area contributed by atoms with Crippen LogP contribution >= 0.6 is 0 Å². The Morgan fingerprint density at radius 1 is 1.30 bits per heavy atom. The van der Waals surface area contributed by atoms with E-state index in [1.54, 1.807) is 7.11 Å². The highest BCUT2D eigenvalue weighted by Crippen LogP contribution is 2.10. The molecule has 112 valence electrons. The number of ether oxygens (including phenoxy) is 1. The summed E-state index contributed by atoms with van der Waals surface area (Å²) in [5.74, 6) is 0. The zero-order chi connectivity index (χ0) is 14.8. The molecule has 0 heterocycles. The lowest BCUT2D eigenvalue weighted by Crippen LogP contribution is -2.33. The molecule has 0 aromatic heterocycles. The molecular weight excluding hydrogens is 264 g/mol. The molecule has 0 aliphatic heterocycles. The van der Waals surface area contributed by atoms with E-state index >= 15 is 0 Å². The SMILES string of the molecule is C=Cc1ccc(CCCO[SiH](CCC)C(C)OC)cc1. The highest BCUT2D eigenvalue weighted by molar-refractivity contribution is 6.53. The van der Waals surface area contributed by atoms with Gasteiger partial charge in [-0.3, -0.25) is 0 Å². The average molecular weight is 292 g/mol. The first-order chi connectivity index (χ1) is 9.71. The highest BCUT2D eigenvalue weighted by Gasteiger charge is 2.18. The van der Waals surface area contributed by atoms with Crippen LogP contribution in [0, 0.1) is 0 Å². The Hall–Kier alpha value is -0.903. The van der Waals surface area contributed by atoms with Crippen molar-refractivity contribution in [1.82, 2.24) is 0 Å². The summed E-state index contributed by atoms with van der Waals surface area (Å²) in [6, 6.07) is 9.78. The summed E-state index contributed by atoms with van der Waals surface area (Å²) in [6.07, 6.45) is 5.22. The maximum Gasteiger partial charge on any atom is 0.204 e. The fourth-order valence-corrected chi connectivity index (χ4v) is 4.47. The Kier molecular flexibility index (Phi) is 8.50. The van der Waals surface area contributed by atoms with E-state index in [0.717, 1.165) is 19.4 Å². The van der Waals surface area contributed by atoms with E-state index in [9.17, 15) is 0 Å². The third-order valence-corrected chi connectivity index (χ3v) is 6.76. The van der Waals surface area contributed by atoms with Crippen molar-refractivity contribution in [3.8, 4) is 0 Å². The number of hydrogen-bond donors (Lipinski definition) is 0. The Balaban J connectivity index is 2.29. The predicted molar refractivity (Wildman–Crippen MR) is 89.5 cm³/mol. The molecule has 1 rings (SSSR count). The Morgan fingerprint density at radius 3 is 2.55 bits per heavy atom. The summed E-state index contributed by atoms with van der Waals surface area (Å²) in [6.45, 7) is 8.98. The van der Waals surface area contributed by atoms with Crippen LogP contribution in [0.15, 0.2) is 30.8 Å². The highest BCUT2D eigenvalue weighted by atomic mass is 28.3. The Morgan fingerprint density at radius 2 is 2.00 bits per heavy atom. The third kappa shape index (κ3) is 6.03. The number of methoxy groups -OCH3 is 1. The third-order valence-electron chi connectivity index (χ3n) is 3.63. The standard InChI is InChI=1S/C17H28O2Si/c1-5-14-20(15(3)18-4)19-13-7-8-17-11-9-16(6-2)10-12-17/h6,9-12,15,20H,2,5,7-8,13-14H2,1,3-4H3. The van der Waals surface area contributed by atoms with Crippen LogP contribution in [0.5, 0.6) is 0 Å². The van der Waals surface area contributed by atoms with Gasteiger partial charge in [0.15, 0.2) is 0 Å². The van der Waals surface area contributed by atoms with Gasteiger partial charge in [0, 0.05) is 13.7 Å². The fraction of sp³-hybridized carbons (Fsp3) is 0.529. The van der Waals surface area contributed by atoms with Gasteiger partial charge in [-0.05, 0) is 36.9 Å². The molecule has 0 bridgehead atoms. The van der Waals surface area contributed by atoms with Gasteiger partial charge in [0.25, 0.3) is 0 Å². The second kappa shape index (κ2) is 9.92. The van der Waals surface area contributed by atoms with Crippen molar-refractivity contribution in [2.24, 2.45) is 0 Å². The molecule has 1 aromatic carbocycles. The molecule has 0 radical (unpaired) electrons. The average Bonchev–Trinajstić information content (AvgIpc) is 2.50. The fourth-order valence-electron chi connectivity index (χ4n) is 2.22. The molecule has 0 aliphatic carbocycles. The molecule has 0 aliphatic rings. The lowest BCUT2D eigenvalue weighted by Gasteiger charge is -2.21. The molecule has 20 heavy (non-hydrogen) atoms. The summed E-state index contributed by atoms with van der Waals surface area (Å²) >= 11 is 0. The molecule has 0 amide bonds. The van der Waals surface area contributed by atoms with Gasteiger partial charge in [-0.1, -0.05) is 50.3 Å². The van der Waals surface area contributed by atoms with Crippen molar-refractivity contribution in [2.75, 3.05) is 13.7 Å². The molecule has 0 fully saturated rings. The zero-order valence-corrected chi connectivity index (χ0v) is 14.3. The van der Waals surface area contributed by atoms with E-state index in [2.05, 4.69) is 44.7 Å². The Bertz CT molecular complexity index is 375.